The Morgan fingerprint density at radius 1 is 1.07 bits per heavy atom. The van der Waals surface area contributed by atoms with Crippen LogP contribution in [0.2, 0.25) is 0 Å². The minimum Gasteiger partial charge on any atom is -0.338 e. The molecular formula is C23H29N3O. The van der Waals surface area contributed by atoms with Gasteiger partial charge in [-0.2, -0.15) is 0 Å². The lowest BCUT2D eigenvalue weighted by Gasteiger charge is -2.49. The van der Waals surface area contributed by atoms with Crippen molar-refractivity contribution in [3.8, 4) is 0 Å². The molecule has 4 rings (SSSR count). The highest BCUT2D eigenvalue weighted by atomic mass is 16.2. The highest BCUT2D eigenvalue weighted by Crippen LogP contribution is 2.39. The second kappa shape index (κ2) is 8.22. The molecule has 0 radical (unpaired) electrons. The standard InChI is InChI=1S/C23H29N3O/c1-18(27)26-14-6-5-11-22-23(26)21(20-9-3-2-4-10-20)12-15-25(22)17-19-8-7-13-24-16-19/h2-4,7-10,13,16,21-23H,5-6,11-12,14-15,17H2,1H3/t21-,22-,23-/m1/s1. The van der Waals surface area contributed by atoms with E-state index in [9.17, 15) is 4.79 Å². The summed E-state index contributed by atoms with van der Waals surface area (Å²) in [6, 6.07) is 15.6. The van der Waals surface area contributed by atoms with Gasteiger partial charge in [-0.05, 0) is 43.0 Å². The van der Waals surface area contributed by atoms with Gasteiger partial charge < -0.3 is 4.90 Å². The van der Waals surface area contributed by atoms with Gasteiger partial charge in [0.25, 0.3) is 0 Å². The van der Waals surface area contributed by atoms with Crippen molar-refractivity contribution in [2.75, 3.05) is 13.1 Å². The Labute approximate surface area is 162 Å². The van der Waals surface area contributed by atoms with E-state index in [0.717, 1.165) is 38.9 Å². The van der Waals surface area contributed by atoms with Gasteiger partial charge in [0.1, 0.15) is 0 Å². The molecule has 1 aromatic heterocycles. The van der Waals surface area contributed by atoms with Crippen LogP contribution in [0.25, 0.3) is 0 Å². The van der Waals surface area contributed by atoms with Crippen molar-refractivity contribution in [1.29, 1.82) is 0 Å². The fourth-order valence-corrected chi connectivity index (χ4v) is 5.04. The number of rotatable bonds is 3. The maximum atomic E-state index is 12.5. The molecule has 142 valence electrons. The van der Waals surface area contributed by atoms with Crippen LogP contribution in [-0.4, -0.2) is 45.9 Å². The molecule has 2 aromatic rings. The molecule has 2 aliphatic heterocycles. The highest BCUT2D eigenvalue weighted by molar-refractivity contribution is 5.74. The summed E-state index contributed by atoms with van der Waals surface area (Å²) in [6.45, 7) is 4.62. The SMILES string of the molecule is CC(=O)N1CCCC[C@@H]2[C@H]1[C@@H](c1ccccc1)CCN2Cc1cccnc1. The van der Waals surface area contributed by atoms with Crippen LogP contribution in [0.15, 0.2) is 54.9 Å². The fourth-order valence-electron chi connectivity index (χ4n) is 5.04. The molecule has 2 fully saturated rings. The van der Waals surface area contributed by atoms with Crippen LogP contribution in [0, 0.1) is 0 Å². The van der Waals surface area contributed by atoms with Crippen LogP contribution in [-0.2, 0) is 11.3 Å². The van der Waals surface area contributed by atoms with Crippen LogP contribution in [0.1, 0.15) is 49.7 Å². The molecule has 2 aliphatic rings. The minimum atomic E-state index is 0.219. The summed E-state index contributed by atoms with van der Waals surface area (Å²) in [5.74, 6) is 0.638. The van der Waals surface area contributed by atoms with E-state index in [0.29, 0.717) is 12.0 Å². The molecule has 0 saturated carbocycles. The molecule has 4 heteroatoms. The molecule has 3 atom stereocenters. The molecule has 3 heterocycles. The lowest BCUT2D eigenvalue weighted by atomic mass is 9.78. The van der Waals surface area contributed by atoms with Crippen molar-refractivity contribution in [3.05, 3.63) is 66.0 Å². The molecule has 0 unspecified atom stereocenters. The lowest BCUT2D eigenvalue weighted by Crippen LogP contribution is -2.58. The first-order valence-electron chi connectivity index (χ1n) is 10.2. The Balaban J connectivity index is 1.67. The van der Waals surface area contributed by atoms with Crippen molar-refractivity contribution in [3.63, 3.8) is 0 Å². The number of aromatic nitrogens is 1. The van der Waals surface area contributed by atoms with Gasteiger partial charge in [0.2, 0.25) is 5.91 Å². The number of amides is 1. The molecule has 0 spiro atoms. The Kier molecular flexibility index (Phi) is 5.53. The van der Waals surface area contributed by atoms with Gasteiger partial charge in [0.05, 0.1) is 6.04 Å². The number of carbonyl (C=O) groups is 1. The number of piperidine rings is 1. The van der Waals surface area contributed by atoms with Crippen LogP contribution < -0.4 is 0 Å². The predicted molar refractivity (Wildman–Crippen MR) is 107 cm³/mol. The average Bonchev–Trinajstić information content (AvgIpc) is 2.93. The minimum absolute atomic E-state index is 0.219. The van der Waals surface area contributed by atoms with Crippen LogP contribution in [0.5, 0.6) is 0 Å². The lowest BCUT2D eigenvalue weighted by molar-refractivity contribution is -0.134. The number of pyridine rings is 1. The summed E-state index contributed by atoms with van der Waals surface area (Å²) in [7, 11) is 0. The van der Waals surface area contributed by atoms with E-state index in [2.05, 4.69) is 51.2 Å². The summed E-state index contributed by atoms with van der Waals surface area (Å²) >= 11 is 0. The monoisotopic (exact) mass is 363 g/mol. The summed E-state index contributed by atoms with van der Waals surface area (Å²) in [5.41, 5.74) is 2.63. The van der Waals surface area contributed by atoms with Crippen molar-refractivity contribution < 1.29 is 4.79 Å². The van der Waals surface area contributed by atoms with Gasteiger partial charge in [0, 0.05) is 44.4 Å². The zero-order valence-electron chi connectivity index (χ0n) is 16.1. The molecule has 27 heavy (non-hydrogen) atoms. The Bertz CT molecular complexity index is 749. The molecule has 2 saturated heterocycles. The van der Waals surface area contributed by atoms with E-state index in [1.165, 1.54) is 17.5 Å². The zero-order valence-corrected chi connectivity index (χ0v) is 16.1. The first-order valence-corrected chi connectivity index (χ1v) is 10.2. The fraction of sp³-hybridized carbons (Fsp3) is 0.478. The largest absolute Gasteiger partial charge is 0.338 e. The number of nitrogens with zero attached hydrogens (tertiary/aromatic N) is 3. The first kappa shape index (κ1) is 18.2. The molecule has 0 aliphatic carbocycles. The second-order valence-corrected chi connectivity index (χ2v) is 7.90. The third-order valence-electron chi connectivity index (χ3n) is 6.25. The topological polar surface area (TPSA) is 36.4 Å². The van der Waals surface area contributed by atoms with E-state index in [1.807, 2.05) is 18.5 Å². The summed E-state index contributed by atoms with van der Waals surface area (Å²) < 4.78 is 0. The maximum absolute atomic E-state index is 12.5. The zero-order chi connectivity index (χ0) is 18.6. The Morgan fingerprint density at radius 2 is 1.93 bits per heavy atom. The van der Waals surface area contributed by atoms with Gasteiger partial charge in [0.15, 0.2) is 0 Å². The van der Waals surface area contributed by atoms with Gasteiger partial charge in [-0.15, -0.1) is 0 Å². The average molecular weight is 364 g/mol. The van der Waals surface area contributed by atoms with Crippen molar-refractivity contribution >= 4 is 5.91 Å². The molecule has 1 aromatic carbocycles. The van der Waals surface area contributed by atoms with Crippen LogP contribution in [0.3, 0.4) is 0 Å². The van der Waals surface area contributed by atoms with Crippen molar-refractivity contribution in [2.24, 2.45) is 0 Å². The van der Waals surface area contributed by atoms with Gasteiger partial charge in [-0.1, -0.05) is 42.8 Å². The summed E-state index contributed by atoms with van der Waals surface area (Å²) in [4.78, 5) is 21.6. The molecule has 0 N–H and O–H groups in total. The van der Waals surface area contributed by atoms with Crippen LogP contribution >= 0.6 is 0 Å². The predicted octanol–water partition coefficient (Wildman–Crippen LogP) is 3.84. The van der Waals surface area contributed by atoms with Gasteiger partial charge >= 0.3 is 0 Å². The molecule has 0 bridgehead atoms. The molecule has 1 amide bonds. The number of benzene rings is 1. The maximum Gasteiger partial charge on any atom is 0.219 e. The smallest absolute Gasteiger partial charge is 0.219 e. The van der Waals surface area contributed by atoms with E-state index in [4.69, 9.17) is 0 Å². The number of fused-ring (bicyclic) bond motifs is 1. The van der Waals surface area contributed by atoms with E-state index in [-0.39, 0.29) is 11.9 Å². The van der Waals surface area contributed by atoms with E-state index < -0.39 is 0 Å². The van der Waals surface area contributed by atoms with Gasteiger partial charge in [-0.25, -0.2) is 0 Å². The molecule has 4 nitrogen and oxygen atoms in total. The number of carbonyl (C=O) groups excluding carboxylic acids is 1. The third-order valence-corrected chi connectivity index (χ3v) is 6.25. The van der Waals surface area contributed by atoms with Crippen molar-refractivity contribution in [1.82, 2.24) is 14.8 Å². The molecular weight excluding hydrogens is 334 g/mol. The second-order valence-electron chi connectivity index (χ2n) is 7.90. The first-order chi connectivity index (χ1) is 13.2. The third kappa shape index (κ3) is 3.91. The highest BCUT2D eigenvalue weighted by Gasteiger charge is 2.43. The number of hydrogen-bond acceptors (Lipinski definition) is 3. The Morgan fingerprint density at radius 3 is 2.67 bits per heavy atom. The summed E-state index contributed by atoms with van der Waals surface area (Å²) in [5, 5.41) is 0. The number of hydrogen-bond donors (Lipinski definition) is 0. The van der Waals surface area contributed by atoms with Crippen molar-refractivity contribution in [2.45, 2.75) is 57.2 Å². The Hall–Kier alpha value is -2.20. The number of likely N-dealkylation sites (tertiary alicyclic amines) is 2. The van der Waals surface area contributed by atoms with Crippen LogP contribution in [0.4, 0.5) is 0 Å². The quantitative estimate of drug-likeness (QED) is 0.831. The van der Waals surface area contributed by atoms with E-state index >= 15 is 0 Å². The van der Waals surface area contributed by atoms with E-state index in [1.54, 1.807) is 6.92 Å². The normalized spacial score (nSPS) is 26.3. The van der Waals surface area contributed by atoms with Gasteiger partial charge in [-0.3, -0.25) is 14.7 Å². The summed E-state index contributed by atoms with van der Waals surface area (Å²) in [6.07, 6.45) is 8.35.